The Morgan fingerprint density at radius 2 is 1.87 bits per heavy atom. The van der Waals surface area contributed by atoms with Crippen LogP contribution in [0.25, 0.3) is 0 Å². The maximum atomic E-state index is 13.3. The zero-order valence-electron chi connectivity index (χ0n) is 17.2. The summed E-state index contributed by atoms with van der Waals surface area (Å²) < 4.78 is 27.9. The predicted molar refractivity (Wildman–Crippen MR) is 122 cm³/mol. The number of aryl methyl sites for hydroxylation is 1. The number of benzene rings is 2. The minimum absolute atomic E-state index is 0.0405. The van der Waals surface area contributed by atoms with Crippen molar-refractivity contribution in [2.75, 3.05) is 10.8 Å². The Kier molecular flexibility index (Phi) is 6.12. The first kappa shape index (κ1) is 21.5. The van der Waals surface area contributed by atoms with Crippen molar-refractivity contribution in [3.05, 3.63) is 88.6 Å². The number of carbonyl (C=O) groups is 1. The molecule has 0 N–H and O–H groups in total. The van der Waals surface area contributed by atoms with E-state index < -0.39 is 10.0 Å². The van der Waals surface area contributed by atoms with Gasteiger partial charge in [0.1, 0.15) is 11.6 Å². The van der Waals surface area contributed by atoms with E-state index in [1.807, 2.05) is 49.4 Å². The Hall–Kier alpha value is -2.70. The Morgan fingerprint density at radius 3 is 2.61 bits per heavy atom. The van der Waals surface area contributed by atoms with Gasteiger partial charge in [0.25, 0.3) is 10.0 Å². The summed E-state index contributed by atoms with van der Waals surface area (Å²) in [5.41, 5.74) is 2.39. The smallest absolute Gasteiger partial charge is 0.265 e. The average Bonchev–Trinajstić information content (AvgIpc) is 2.78. The molecule has 0 fully saturated rings. The zero-order valence-corrected chi connectivity index (χ0v) is 18.7. The van der Waals surface area contributed by atoms with Crippen molar-refractivity contribution in [2.24, 2.45) is 0 Å². The number of sulfonamides is 1. The molecule has 5 nitrogen and oxygen atoms in total. The summed E-state index contributed by atoms with van der Waals surface area (Å²) in [5.74, 6) is 0.188. The highest BCUT2D eigenvalue weighted by molar-refractivity contribution is 7.92. The van der Waals surface area contributed by atoms with Crippen LogP contribution >= 0.6 is 11.6 Å². The lowest BCUT2D eigenvalue weighted by molar-refractivity contribution is -0.119. The molecule has 1 aliphatic heterocycles. The van der Waals surface area contributed by atoms with Crippen molar-refractivity contribution in [3.8, 4) is 0 Å². The SMILES string of the molecule is C[C@H](C(=O)Cc1ccc2c(n1)N(S(=O)(=O)c1cccc(Cl)c1)CCC2)c1ccccc1. The summed E-state index contributed by atoms with van der Waals surface area (Å²) in [6.45, 7) is 2.22. The number of hydrogen-bond donors (Lipinski definition) is 0. The summed E-state index contributed by atoms with van der Waals surface area (Å²) in [4.78, 5) is 17.6. The van der Waals surface area contributed by atoms with Crippen LogP contribution in [-0.4, -0.2) is 25.7 Å². The van der Waals surface area contributed by atoms with Crippen LogP contribution in [0.3, 0.4) is 0 Å². The van der Waals surface area contributed by atoms with Crippen molar-refractivity contribution in [3.63, 3.8) is 0 Å². The largest absolute Gasteiger partial charge is 0.299 e. The molecule has 0 aliphatic carbocycles. The Bertz CT molecular complexity index is 1210. The molecule has 4 rings (SSSR count). The van der Waals surface area contributed by atoms with E-state index in [2.05, 4.69) is 4.98 Å². The fraction of sp³-hybridized carbons (Fsp3) is 0.250. The molecule has 160 valence electrons. The molecule has 2 heterocycles. The van der Waals surface area contributed by atoms with Gasteiger partial charge in [0.05, 0.1) is 10.6 Å². The summed E-state index contributed by atoms with van der Waals surface area (Å²) in [5, 5.41) is 0.362. The van der Waals surface area contributed by atoms with E-state index in [1.165, 1.54) is 16.4 Å². The number of hydrogen-bond acceptors (Lipinski definition) is 4. The van der Waals surface area contributed by atoms with Gasteiger partial charge in [-0.1, -0.05) is 61.0 Å². The van der Waals surface area contributed by atoms with E-state index >= 15 is 0 Å². The standard InChI is InChI=1S/C24H23ClN2O3S/c1-17(18-7-3-2-4-8-18)23(28)16-21-13-12-19-9-6-14-27(24(19)26-21)31(29,30)22-11-5-10-20(25)15-22/h2-5,7-8,10-13,15,17H,6,9,14,16H2,1H3/t17-/m0/s1. The maximum Gasteiger partial charge on any atom is 0.265 e. The minimum atomic E-state index is -3.80. The van der Waals surface area contributed by atoms with E-state index in [1.54, 1.807) is 12.1 Å². The van der Waals surface area contributed by atoms with E-state index in [0.29, 0.717) is 29.5 Å². The highest BCUT2D eigenvalue weighted by Crippen LogP contribution is 2.31. The predicted octanol–water partition coefficient (Wildman–Crippen LogP) is 4.79. The highest BCUT2D eigenvalue weighted by atomic mass is 35.5. The molecule has 1 aliphatic rings. The lowest BCUT2D eigenvalue weighted by atomic mass is 9.94. The topological polar surface area (TPSA) is 67.3 Å². The highest BCUT2D eigenvalue weighted by Gasteiger charge is 2.31. The molecular formula is C24H23ClN2O3S. The second kappa shape index (κ2) is 8.81. The Balaban J connectivity index is 1.63. The quantitative estimate of drug-likeness (QED) is 0.537. The zero-order chi connectivity index (χ0) is 22.0. The number of nitrogens with zero attached hydrogens (tertiary/aromatic N) is 2. The van der Waals surface area contributed by atoms with Gasteiger partial charge in [-0.15, -0.1) is 0 Å². The minimum Gasteiger partial charge on any atom is -0.299 e. The molecule has 3 aromatic rings. The maximum absolute atomic E-state index is 13.3. The van der Waals surface area contributed by atoms with Gasteiger partial charge in [0.15, 0.2) is 0 Å². The Morgan fingerprint density at radius 1 is 1.10 bits per heavy atom. The molecule has 31 heavy (non-hydrogen) atoms. The van der Waals surface area contributed by atoms with Crippen molar-refractivity contribution in [2.45, 2.75) is 37.0 Å². The molecule has 1 atom stereocenters. The van der Waals surface area contributed by atoms with E-state index in [0.717, 1.165) is 17.5 Å². The van der Waals surface area contributed by atoms with Crippen molar-refractivity contribution < 1.29 is 13.2 Å². The third-order valence-electron chi connectivity index (χ3n) is 5.58. The van der Waals surface area contributed by atoms with Crippen LogP contribution in [0.4, 0.5) is 5.82 Å². The summed E-state index contributed by atoms with van der Waals surface area (Å²) in [7, 11) is -3.80. The molecule has 0 spiro atoms. The van der Waals surface area contributed by atoms with E-state index in [4.69, 9.17) is 11.6 Å². The molecular weight excluding hydrogens is 432 g/mol. The third kappa shape index (κ3) is 4.50. The first-order chi connectivity index (χ1) is 14.9. The molecule has 2 aromatic carbocycles. The van der Waals surface area contributed by atoms with Crippen LogP contribution in [0.2, 0.25) is 5.02 Å². The third-order valence-corrected chi connectivity index (χ3v) is 7.60. The number of rotatable bonds is 6. The molecule has 0 amide bonds. The van der Waals surface area contributed by atoms with Crippen LogP contribution in [0.15, 0.2) is 71.6 Å². The number of ketones is 1. The molecule has 7 heteroatoms. The Labute approximate surface area is 187 Å². The second-order valence-electron chi connectivity index (χ2n) is 7.70. The number of pyridine rings is 1. The second-order valence-corrected chi connectivity index (χ2v) is 10.00. The summed E-state index contributed by atoms with van der Waals surface area (Å²) in [6.07, 6.45) is 1.60. The van der Waals surface area contributed by atoms with Gasteiger partial charge >= 0.3 is 0 Å². The van der Waals surface area contributed by atoms with Gasteiger partial charge < -0.3 is 0 Å². The molecule has 0 unspecified atom stereocenters. The van der Waals surface area contributed by atoms with E-state index in [-0.39, 0.29) is 23.0 Å². The first-order valence-corrected chi connectivity index (χ1v) is 12.0. The van der Waals surface area contributed by atoms with Crippen LogP contribution in [0.5, 0.6) is 0 Å². The van der Waals surface area contributed by atoms with Crippen LogP contribution in [-0.2, 0) is 27.7 Å². The lowest BCUT2D eigenvalue weighted by Crippen LogP contribution is -2.36. The fourth-order valence-corrected chi connectivity index (χ4v) is 5.58. The van der Waals surface area contributed by atoms with Gasteiger partial charge in [-0.05, 0) is 48.2 Å². The van der Waals surface area contributed by atoms with Crippen molar-refractivity contribution in [1.29, 1.82) is 0 Å². The summed E-state index contributed by atoms with van der Waals surface area (Å²) >= 11 is 6.02. The molecule has 0 saturated carbocycles. The van der Waals surface area contributed by atoms with E-state index in [9.17, 15) is 13.2 Å². The number of aromatic nitrogens is 1. The number of fused-ring (bicyclic) bond motifs is 1. The van der Waals surface area contributed by atoms with Gasteiger partial charge in [-0.25, -0.2) is 17.7 Å². The lowest BCUT2D eigenvalue weighted by Gasteiger charge is -2.29. The normalized spacial score (nSPS) is 14.7. The fourth-order valence-electron chi connectivity index (χ4n) is 3.79. The summed E-state index contributed by atoms with van der Waals surface area (Å²) in [6, 6.07) is 19.6. The van der Waals surface area contributed by atoms with Gasteiger partial charge in [0.2, 0.25) is 0 Å². The number of Topliss-reactive ketones (excluding diaryl/α,β-unsaturated/α-hetero) is 1. The average molecular weight is 455 g/mol. The van der Waals surface area contributed by atoms with Crippen LogP contribution < -0.4 is 4.31 Å². The van der Waals surface area contributed by atoms with Crippen molar-refractivity contribution >= 4 is 33.2 Å². The van der Waals surface area contributed by atoms with Gasteiger partial charge in [0, 0.05) is 23.9 Å². The number of anilines is 1. The molecule has 0 saturated heterocycles. The van der Waals surface area contributed by atoms with Gasteiger partial charge in [-0.3, -0.25) is 4.79 Å². The molecule has 0 bridgehead atoms. The number of carbonyl (C=O) groups excluding carboxylic acids is 1. The van der Waals surface area contributed by atoms with Crippen molar-refractivity contribution in [1.82, 2.24) is 4.98 Å². The number of halogens is 1. The first-order valence-electron chi connectivity index (χ1n) is 10.2. The van der Waals surface area contributed by atoms with Crippen LogP contribution in [0.1, 0.15) is 36.1 Å². The van der Waals surface area contributed by atoms with Crippen LogP contribution in [0, 0.1) is 0 Å². The molecule has 1 aromatic heterocycles. The monoisotopic (exact) mass is 454 g/mol. The molecule has 0 radical (unpaired) electrons. The van der Waals surface area contributed by atoms with Gasteiger partial charge in [-0.2, -0.15) is 0 Å².